The number of carboxylic acids is 1. The van der Waals surface area contributed by atoms with E-state index in [1.807, 2.05) is 32.9 Å². The first kappa shape index (κ1) is 14.0. The van der Waals surface area contributed by atoms with Gasteiger partial charge in [0.15, 0.2) is 0 Å². The molecule has 20 heavy (non-hydrogen) atoms. The van der Waals surface area contributed by atoms with Crippen molar-refractivity contribution in [2.45, 2.75) is 26.7 Å². The van der Waals surface area contributed by atoms with Crippen LogP contribution in [-0.4, -0.2) is 21.0 Å². The van der Waals surface area contributed by atoms with E-state index in [1.54, 1.807) is 12.3 Å². The lowest BCUT2D eigenvalue weighted by Crippen LogP contribution is -2.05. The number of aryl methyl sites for hydroxylation is 1. The molecule has 0 amide bonds. The first-order chi connectivity index (χ1) is 9.47. The molecular weight excluding hydrogens is 254 g/mol. The van der Waals surface area contributed by atoms with Crippen LogP contribution in [0.15, 0.2) is 30.5 Å². The van der Waals surface area contributed by atoms with Gasteiger partial charge in [0.05, 0.1) is 16.9 Å². The van der Waals surface area contributed by atoms with E-state index in [9.17, 15) is 4.79 Å². The standard InChI is InChI=1S/C15H17N3O2/c1-9(2)13-7-11(15(19)20)8-14(18-13)17-12-5-4-6-16-10(12)3/h4-9H,1-3H3,(H,17,18)(H,19,20). The number of carboxylic acid groups (broad SMARTS) is 1. The van der Waals surface area contributed by atoms with Crippen molar-refractivity contribution >= 4 is 17.5 Å². The van der Waals surface area contributed by atoms with Crippen LogP contribution in [0.1, 0.15) is 41.5 Å². The van der Waals surface area contributed by atoms with Crippen LogP contribution in [-0.2, 0) is 0 Å². The Morgan fingerprint density at radius 2 is 2.10 bits per heavy atom. The molecule has 0 saturated carbocycles. The lowest BCUT2D eigenvalue weighted by atomic mass is 10.1. The van der Waals surface area contributed by atoms with Crippen molar-refractivity contribution in [2.75, 3.05) is 5.32 Å². The largest absolute Gasteiger partial charge is 0.478 e. The summed E-state index contributed by atoms with van der Waals surface area (Å²) < 4.78 is 0. The summed E-state index contributed by atoms with van der Waals surface area (Å²) in [5.74, 6) is -0.283. The Bertz CT molecular complexity index is 639. The van der Waals surface area contributed by atoms with E-state index in [1.165, 1.54) is 6.07 Å². The number of nitrogens with one attached hydrogen (secondary N) is 1. The van der Waals surface area contributed by atoms with Crippen molar-refractivity contribution in [1.29, 1.82) is 0 Å². The summed E-state index contributed by atoms with van der Waals surface area (Å²) in [5.41, 5.74) is 2.63. The minimum Gasteiger partial charge on any atom is -0.478 e. The molecule has 0 unspecified atom stereocenters. The summed E-state index contributed by atoms with van der Waals surface area (Å²) in [7, 11) is 0. The molecule has 0 saturated heterocycles. The molecule has 0 atom stereocenters. The molecule has 2 N–H and O–H groups in total. The molecule has 2 rings (SSSR count). The number of hydrogen-bond acceptors (Lipinski definition) is 4. The average Bonchev–Trinajstić information content (AvgIpc) is 2.41. The smallest absolute Gasteiger partial charge is 0.335 e. The molecule has 5 heteroatoms. The number of aromatic nitrogens is 2. The molecule has 2 heterocycles. The van der Waals surface area contributed by atoms with Gasteiger partial charge in [-0.15, -0.1) is 0 Å². The third-order valence-corrected chi connectivity index (χ3v) is 2.95. The van der Waals surface area contributed by atoms with Gasteiger partial charge < -0.3 is 10.4 Å². The zero-order chi connectivity index (χ0) is 14.7. The van der Waals surface area contributed by atoms with Crippen molar-refractivity contribution in [3.8, 4) is 0 Å². The third kappa shape index (κ3) is 3.12. The highest BCUT2D eigenvalue weighted by Crippen LogP contribution is 2.21. The Morgan fingerprint density at radius 1 is 1.35 bits per heavy atom. The van der Waals surface area contributed by atoms with Crippen LogP contribution < -0.4 is 5.32 Å². The van der Waals surface area contributed by atoms with E-state index >= 15 is 0 Å². The quantitative estimate of drug-likeness (QED) is 0.891. The topological polar surface area (TPSA) is 75.1 Å². The van der Waals surface area contributed by atoms with Crippen molar-refractivity contribution in [2.24, 2.45) is 0 Å². The molecule has 0 aromatic carbocycles. The van der Waals surface area contributed by atoms with Gasteiger partial charge in [0.1, 0.15) is 5.82 Å². The fraction of sp³-hybridized carbons (Fsp3) is 0.267. The molecule has 104 valence electrons. The Balaban J connectivity index is 2.41. The Hall–Kier alpha value is -2.43. The molecule has 0 fully saturated rings. The average molecular weight is 271 g/mol. The van der Waals surface area contributed by atoms with Crippen LogP contribution in [0.3, 0.4) is 0 Å². The van der Waals surface area contributed by atoms with Gasteiger partial charge in [-0.25, -0.2) is 9.78 Å². The number of nitrogens with zero attached hydrogens (tertiary/aromatic N) is 2. The monoisotopic (exact) mass is 271 g/mol. The molecule has 5 nitrogen and oxygen atoms in total. The summed E-state index contributed by atoms with van der Waals surface area (Å²) >= 11 is 0. The van der Waals surface area contributed by atoms with Gasteiger partial charge in [0.2, 0.25) is 0 Å². The van der Waals surface area contributed by atoms with E-state index in [0.717, 1.165) is 17.1 Å². The summed E-state index contributed by atoms with van der Waals surface area (Å²) in [5, 5.41) is 12.3. The molecule has 0 bridgehead atoms. The van der Waals surface area contributed by atoms with Gasteiger partial charge in [-0.05, 0) is 37.1 Å². The predicted octanol–water partition coefficient (Wildman–Crippen LogP) is 3.35. The maximum atomic E-state index is 11.2. The van der Waals surface area contributed by atoms with Gasteiger partial charge in [-0.2, -0.15) is 0 Å². The Labute approximate surface area is 117 Å². The maximum Gasteiger partial charge on any atom is 0.335 e. The van der Waals surface area contributed by atoms with E-state index in [4.69, 9.17) is 5.11 Å². The Morgan fingerprint density at radius 3 is 2.70 bits per heavy atom. The first-order valence-corrected chi connectivity index (χ1v) is 6.41. The second-order valence-corrected chi connectivity index (χ2v) is 4.89. The van der Waals surface area contributed by atoms with Gasteiger partial charge in [-0.1, -0.05) is 13.8 Å². The van der Waals surface area contributed by atoms with Crippen LogP contribution >= 0.6 is 0 Å². The lowest BCUT2D eigenvalue weighted by molar-refractivity contribution is 0.0696. The highest BCUT2D eigenvalue weighted by Gasteiger charge is 2.11. The zero-order valence-electron chi connectivity index (χ0n) is 11.7. The SMILES string of the molecule is Cc1ncccc1Nc1cc(C(=O)O)cc(C(C)C)n1. The van der Waals surface area contributed by atoms with Crippen molar-refractivity contribution in [1.82, 2.24) is 9.97 Å². The highest BCUT2D eigenvalue weighted by atomic mass is 16.4. The second-order valence-electron chi connectivity index (χ2n) is 4.89. The molecule has 2 aromatic heterocycles. The summed E-state index contributed by atoms with van der Waals surface area (Å²) in [6.07, 6.45) is 1.71. The third-order valence-electron chi connectivity index (χ3n) is 2.95. The fourth-order valence-electron chi connectivity index (χ4n) is 1.79. The Kier molecular flexibility index (Phi) is 3.98. The minimum atomic E-state index is -0.958. The number of pyridine rings is 2. The van der Waals surface area contributed by atoms with E-state index in [2.05, 4.69) is 15.3 Å². The zero-order valence-corrected chi connectivity index (χ0v) is 11.7. The molecular formula is C15H17N3O2. The number of hydrogen-bond donors (Lipinski definition) is 2. The lowest BCUT2D eigenvalue weighted by Gasteiger charge is -2.12. The van der Waals surface area contributed by atoms with Crippen LogP contribution in [0.25, 0.3) is 0 Å². The molecule has 0 spiro atoms. The molecule has 0 radical (unpaired) electrons. The van der Waals surface area contributed by atoms with E-state index in [0.29, 0.717) is 5.82 Å². The van der Waals surface area contributed by atoms with E-state index < -0.39 is 5.97 Å². The number of carbonyl (C=O) groups is 1. The minimum absolute atomic E-state index is 0.157. The maximum absolute atomic E-state index is 11.2. The first-order valence-electron chi connectivity index (χ1n) is 6.41. The summed E-state index contributed by atoms with van der Waals surface area (Å²) in [4.78, 5) is 19.8. The van der Waals surface area contributed by atoms with Crippen LogP contribution in [0.2, 0.25) is 0 Å². The van der Waals surface area contributed by atoms with Crippen LogP contribution in [0.5, 0.6) is 0 Å². The van der Waals surface area contributed by atoms with Crippen molar-refractivity contribution < 1.29 is 9.90 Å². The fourth-order valence-corrected chi connectivity index (χ4v) is 1.79. The van der Waals surface area contributed by atoms with E-state index in [-0.39, 0.29) is 11.5 Å². The van der Waals surface area contributed by atoms with Gasteiger partial charge in [0, 0.05) is 11.9 Å². The van der Waals surface area contributed by atoms with Gasteiger partial charge >= 0.3 is 5.97 Å². The highest BCUT2D eigenvalue weighted by molar-refractivity contribution is 5.89. The van der Waals surface area contributed by atoms with Crippen LogP contribution in [0, 0.1) is 6.92 Å². The van der Waals surface area contributed by atoms with Gasteiger partial charge in [0.25, 0.3) is 0 Å². The number of aromatic carboxylic acids is 1. The number of rotatable bonds is 4. The molecule has 0 aliphatic carbocycles. The van der Waals surface area contributed by atoms with Crippen molar-refractivity contribution in [3.63, 3.8) is 0 Å². The molecule has 2 aromatic rings. The second kappa shape index (κ2) is 5.69. The predicted molar refractivity (Wildman–Crippen MR) is 77.5 cm³/mol. The summed E-state index contributed by atoms with van der Waals surface area (Å²) in [6.45, 7) is 5.84. The summed E-state index contributed by atoms with van der Waals surface area (Å²) in [6, 6.07) is 6.83. The van der Waals surface area contributed by atoms with Gasteiger partial charge in [-0.3, -0.25) is 4.98 Å². The molecule has 0 aliphatic heterocycles. The van der Waals surface area contributed by atoms with Crippen LogP contribution in [0.4, 0.5) is 11.5 Å². The number of anilines is 2. The van der Waals surface area contributed by atoms with Crippen molar-refractivity contribution in [3.05, 3.63) is 47.4 Å². The normalized spacial score (nSPS) is 10.6. The molecule has 0 aliphatic rings.